The van der Waals surface area contributed by atoms with Gasteiger partial charge in [0.05, 0.1) is 30.6 Å². The van der Waals surface area contributed by atoms with E-state index in [-0.39, 0.29) is 23.9 Å². The summed E-state index contributed by atoms with van der Waals surface area (Å²) in [6.07, 6.45) is 0.108. The highest BCUT2D eigenvalue weighted by atomic mass is 35.5. The van der Waals surface area contributed by atoms with Crippen molar-refractivity contribution in [2.24, 2.45) is 0 Å². The highest BCUT2D eigenvalue weighted by molar-refractivity contribution is 7.99. The van der Waals surface area contributed by atoms with Crippen LogP contribution in [-0.4, -0.2) is 64.1 Å². The predicted molar refractivity (Wildman–Crippen MR) is 101 cm³/mol. The minimum Gasteiger partial charge on any atom is -0.496 e. The first-order chi connectivity index (χ1) is 12.5. The lowest BCUT2D eigenvalue weighted by molar-refractivity contribution is -0.140. The predicted octanol–water partition coefficient (Wildman–Crippen LogP) is 2.86. The smallest absolute Gasteiger partial charge is 0.233 e. The number of ether oxygens (including phenoxy) is 2. The number of nitrogens with one attached hydrogen (secondary N) is 1. The summed E-state index contributed by atoms with van der Waals surface area (Å²) in [7, 11) is 1.59. The van der Waals surface area contributed by atoms with Gasteiger partial charge in [-0.25, -0.2) is 4.98 Å². The quantitative estimate of drug-likeness (QED) is 0.783. The minimum atomic E-state index is 0.0538. The topological polar surface area (TPSA) is 80.3 Å². The molecule has 1 saturated heterocycles. The lowest BCUT2D eigenvalue weighted by Gasteiger charge is -2.35. The average molecular weight is 397 g/mol. The molecule has 1 aromatic carbocycles. The molecule has 3 rings (SSSR count). The van der Waals surface area contributed by atoms with Crippen molar-refractivity contribution >= 4 is 29.3 Å². The molecule has 0 saturated carbocycles. The van der Waals surface area contributed by atoms with E-state index in [1.54, 1.807) is 25.3 Å². The van der Waals surface area contributed by atoms with Crippen LogP contribution in [0.5, 0.6) is 5.75 Å². The molecule has 7 nitrogen and oxygen atoms in total. The molecule has 1 fully saturated rings. The van der Waals surface area contributed by atoms with E-state index in [0.717, 1.165) is 5.56 Å². The number of thioether (sulfide) groups is 1. The summed E-state index contributed by atoms with van der Waals surface area (Å²) >= 11 is 7.36. The number of carbonyl (C=O) groups is 1. The van der Waals surface area contributed by atoms with Crippen molar-refractivity contribution in [2.45, 2.75) is 31.2 Å². The van der Waals surface area contributed by atoms with Gasteiger partial charge in [-0.15, -0.1) is 5.10 Å². The van der Waals surface area contributed by atoms with Gasteiger partial charge in [-0.3, -0.25) is 9.89 Å². The van der Waals surface area contributed by atoms with Crippen molar-refractivity contribution in [3.05, 3.63) is 23.2 Å². The number of benzene rings is 1. The standard InChI is InChI=1S/C17H21ClN4O3S/c1-10-7-22(8-11(2)25-10)15(23)9-26-17-19-16(20-21-17)13-6-12(18)4-5-14(13)24-3/h4-6,10-11H,7-9H2,1-3H3,(H,19,20,21). The van der Waals surface area contributed by atoms with Crippen molar-refractivity contribution in [2.75, 3.05) is 26.0 Å². The summed E-state index contributed by atoms with van der Waals surface area (Å²) in [4.78, 5) is 18.7. The number of hydrogen-bond acceptors (Lipinski definition) is 6. The van der Waals surface area contributed by atoms with E-state index in [9.17, 15) is 4.79 Å². The molecule has 1 aliphatic heterocycles. The normalized spacial score (nSPS) is 20.2. The van der Waals surface area contributed by atoms with E-state index in [2.05, 4.69) is 15.2 Å². The molecule has 1 aromatic heterocycles. The van der Waals surface area contributed by atoms with Crippen LogP contribution in [0.4, 0.5) is 0 Å². The second-order valence-electron chi connectivity index (χ2n) is 6.16. The molecule has 2 heterocycles. The Morgan fingerprint density at radius 1 is 1.42 bits per heavy atom. The van der Waals surface area contributed by atoms with Crippen molar-refractivity contribution in [3.63, 3.8) is 0 Å². The van der Waals surface area contributed by atoms with Gasteiger partial charge in [-0.1, -0.05) is 23.4 Å². The number of nitrogens with zero attached hydrogens (tertiary/aromatic N) is 3. The van der Waals surface area contributed by atoms with Crippen molar-refractivity contribution in [1.82, 2.24) is 20.1 Å². The Morgan fingerprint density at radius 2 is 2.15 bits per heavy atom. The summed E-state index contributed by atoms with van der Waals surface area (Å²) < 4.78 is 11.0. The first kappa shape index (κ1) is 19.0. The molecule has 2 aromatic rings. The molecule has 0 spiro atoms. The summed E-state index contributed by atoms with van der Waals surface area (Å²) in [6, 6.07) is 5.28. The number of morpholine rings is 1. The molecule has 26 heavy (non-hydrogen) atoms. The number of H-pyrrole nitrogens is 1. The number of aromatic nitrogens is 3. The van der Waals surface area contributed by atoms with Gasteiger partial charge in [-0.05, 0) is 32.0 Å². The van der Waals surface area contributed by atoms with E-state index < -0.39 is 0 Å². The molecule has 2 unspecified atom stereocenters. The van der Waals surface area contributed by atoms with E-state index in [4.69, 9.17) is 21.1 Å². The van der Waals surface area contributed by atoms with E-state index in [0.29, 0.717) is 34.8 Å². The first-order valence-corrected chi connectivity index (χ1v) is 9.65. The van der Waals surface area contributed by atoms with Crippen LogP contribution < -0.4 is 4.74 Å². The zero-order valence-corrected chi connectivity index (χ0v) is 16.4. The summed E-state index contributed by atoms with van der Waals surface area (Å²) in [5, 5.41) is 8.14. The van der Waals surface area contributed by atoms with Gasteiger partial charge in [0, 0.05) is 18.1 Å². The maximum Gasteiger partial charge on any atom is 0.233 e. The number of hydrogen-bond donors (Lipinski definition) is 1. The highest BCUT2D eigenvalue weighted by Gasteiger charge is 2.26. The molecule has 140 valence electrons. The second-order valence-corrected chi connectivity index (χ2v) is 7.53. The van der Waals surface area contributed by atoms with Gasteiger partial charge in [0.2, 0.25) is 11.1 Å². The molecule has 0 aliphatic carbocycles. The fourth-order valence-corrected chi connectivity index (χ4v) is 3.77. The Bertz CT molecular complexity index is 775. The van der Waals surface area contributed by atoms with Crippen LogP contribution in [0, 0.1) is 0 Å². The Hall–Kier alpha value is -1.77. The van der Waals surface area contributed by atoms with E-state index in [1.807, 2.05) is 18.7 Å². The lowest BCUT2D eigenvalue weighted by Crippen LogP contribution is -2.48. The number of methoxy groups -OCH3 is 1. The first-order valence-electron chi connectivity index (χ1n) is 8.28. The van der Waals surface area contributed by atoms with Gasteiger partial charge in [0.25, 0.3) is 0 Å². The SMILES string of the molecule is COc1ccc(Cl)cc1-c1nc(SCC(=O)N2CC(C)OC(C)C2)n[nH]1. The molecule has 0 bridgehead atoms. The van der Waals surface area contributed by atoms with Crippen molar-refractivity contribution in [3.8, 4) is 17.1 Å². The largest absolute Gasteiger partial charge is 0.496 e. The molecule has 9 heteroatoms. The summed E-state index contributed by atoms with van der Waals surface area (Å²) in [6.45, 7) is 5.18. The number of aromatic amines is 1. The fourth-order valence-electron chi connectivity index (χ4n) is 2.90. The van der Waals surface area contributed by atoms with E-state index >= 15 is 0 Å². The zero-order chi connectivity index (χ0) is 18.7. The van der Waals surface area contributed by atoms with Gasteiger partial charge in [-0.2, -0.15) is 0 Å². The molecule has 1 amide bonds. The van der Waals surface area contributed by atoms with Crippen molar-refractivity contribution < 1.29 is 14.3 Å². The number of carbonyl (C=O) groups excluding carboxylic acids is 1. The lowest BCUT2D eigenvalue weighted by atomic mass is 10.2. The van der Waals surface area contributed by atoms with Gasteiger partial charge in [0.15, 0.2) is 5.82 Å². The molecule has 0 radical (unpaired) electrons. The fraction of sp³-hybridized carbons (Fsp3) is 0.471. The maximum atomic E-state index is 12.4. The molecule has 2 atom stereocenters. The van der Waals surface area contributed by atoms with Crippen LogP contribution in [0.15, 0.2) is 23.4 Å². The van der Waals surface area contributed by atoms with E-state index in [1.165, 1.54) is 11.8 Å². The summed E-state index contributed by atoms with van der Waals surface area (Å²) in [5.74, 6) is 1.54. The third kappa shape index (κ3) is 4.49. The highest BCUT2D eigenvalue weighted by Crippen LogP contribution is 2.31. The van der Waals surface area contributed by atoms with Gasteiger partial charge >= 0.3 is 0 Å². The van der Waals surface area contributed by atoms with Crippen LogP contribution >= 0.6 is 23.4 Å². The number of amides is 1. The molecule has 1 N–H and O–H groups in total. The monoisotopic (exact) mass is 396 g/mol. The van der Waals surface area contributed by atoms with Gasteiger partial charge < -0.3 is 14.4 Å². The third-order valence-electron chi connectivity index (χ3n) is 3.98. The summed E-state index contributed by atoms with van der Waals surface area (Å²) in [5.41, 5.74) is 0.724. The molecular weight excluding hydrogens is 376 g/mol. The van der Waals surface area contributed by atoms with Crippen molar-refractivity contribution in [1.29, 1.82) is 0 Å². The second kappa shape index (κ2) is 8.28. The van der Waals surface area contributed by atoms with Crippen LogP contribution in [0.1, 0.15) is 13.8 Å². The Balaban J connectivity index is 1.64. The van der Waals surface area contributed by atoms with Crippen LogP contribution in [0.25, 0.3) is 11.4 Å². The zero-order valence-electron chi connectivity index (χ0n) is 14.9. The Morgan fingerprint density at radius 3 is 2.85 bits per heavy atom. The third-order valence-corrected chi connectivity index (χ3v) is 5.05. The number of halogens is 1. The van der Waals surface area contributed by atoms with Gasteiger partial charge in [0.1, 0.15) is 5.75 Å². The van der Waals surface area contributed by atoms with Crippen LogP contribution in [0.2, 0.25) is 5.02 Å². The Labute approximate surface area is 161 Å². The Kier molecular flexibility index (Phi) is 6.05. The van der Waals surface area contributed by atoms with Crippen LogP contribution in [0.3, 0.4) is 0 Å². The number of rotatable bonds is 5. The van der Waals surface area contributed by atoms with Crippen LogP contribution in [-0.2, 0) is 9.53 Å². The average Bonchev–Trinajstić information content (AvgIpc) is 3.07. The molecular formula is C17H21ClN4O3S. The molecule has 1 aliphatic rings. The maximum absolute atomic E-state index is 12.4. The minimum absolute atomic E-state index is 0.0538.